The molecule has 0 spiro atoms. The molecule has 0 unspecified atom stereocenters. The van der Waals surface area contributed by atoms with E-state index in [0.717, 1.165) is 0 Å². The summed E-state index contributed by atoms with van der Waals surface area (Å²) in [5.41, 5.74) is 0. The van der Waals surface area contributed by atoms with Crippen LogP contribution in [-0.2, 0) is 0 Å². The predicted molar refractivity (Wildman–Crippen MR) is 111 cm³/mol. The molecular weight excluding hydrogens is 318 g/mol. The van der Waals surface area contributed by atoms with E-state index in [0.29, 0.717) is 0 Å². The van der Waals surface area contributed by atoms with Crippen LogP contribution in [0.5, 0.6) is 0 Å². The van der Waals surface area contributed by atoms with Gasteiger partial charge in [-0.3, -0.25) is 0 Å². The number of rotatable bonds is 12. The van der Waals surface area contributed by atoms with Crippen LogP contribution in [0.15, 0.2) is 0 Å². The largest absolute Gasteiger partial charge is 0.337 e. The molecule has 3 nitrogen and oxygen atoms in total. The van der Waals surface area contributed by atoms with Crippen LogP contribution in [0.4, 0.5) is 0 Å². The number of unbranched alkanes of at least 4 members (excludes halogenated alkanes) is 1. The third-order valence-corrected chi connectivity index (χ3v) is 8.68. The van der Waals surface area contributed by atoms with Gasteiger partial charge in [-0.05, 0) is 45.4 Å². The molecule has 0 atom stereocenters. The number of hydrogen-bond acceptors (Lipinski definition) is 3. The van der Waals surface area contributed by atoms with E-state index in [4.69, 9.17) is 0 Å². The van der Waals surface area contributed by atoms with E-state index in [1.807, 2.05) is 0 Å². The van der Waals surface area contributed by atoms with E-state index in [2.05, 4.69) is 73.5 Å². The van der Waals surface area contributed by atoms with Gasteiger partial charge in [0, 0.05) is 0 Å². The summed E-state index contributed by atoms with van der Waals surface area (Å²) in [7, 11) is -3.34. The van der Waals surface area contributed by atoms with E-state index < -0.39 is 24.7 Å². The van der Waals surface area contributed by atoms with Gasteiger partial charge in [0.1, 0.15) is 24.7 Å². The molecule has 0 aromatic carbocycles. The summed E-state index contributed by atoms with van der Waals surface area (Å²) in [4.78, 5) is 7.47. The summed E-state index contributed by atoms with van der Waals surface area (Å²) < 4.78 is 2.80. The van der Waals surface area contributed by atoms with Gasteiger partial charge in [-0.2, -0.15) is 0 Å². The zero-order valence-corrected chi connectivity index (χ0v) is 19.9. The number of nitrogens with zero attached hydrogens (tertiary/aromatic N) is 1. The molecule has 0 heterocycles. The van der Waals surface area contributed by atoms with Crippen LogP contribution < -0.4 is 9.96 Å². The van der Waals surface area contributed by atoms with Gasteiger partial charge in [0.25, 0.3) is 0 Å². The first-order valence-corrected chi connectivity index (χ1v) is 19.5. The van der Waals surface area contributed by atoms with Crippen LogP contribution in [0.1, 0.15) is 19.3 Å². The molecule has 0 aliphatic carbocycles. The average molecular weight is 362 g/mol. The molecule has 2 N–H and O–H groups in total. The second-order valence-electron chi connectivity index (χ2n) is 9.57. The summed E-state index contributed by atoms with van der Waals surface area (Å²) in [6.45, 7) is 26.7. The molecule has 22 heavy (non-hydrogen) atoms. The molecule has 0 amide bonds. The van der Waals surface area contributed by atoms with Gasteiger partial charge in [0.15, 0.2) is 0 Å². The molecule has 134 valence electrons. The lowest BCUT2D eigenvalue weighted by Crippen LogP contribution is -2.48. The molecule has 0 bridgehead atoms. The van der Waals surface area contributed by atoms with E-state index in [1.165, 1.54) is 45.4 Å². The molecule has 0 rings (SSSR count). The smallest absolute Gasteiger partial charge is 0.119 e. The Morgan fingerprint density at radius 3 is 1.41 bits per heavy atom. The molecule has 0 aromatic rings. The molecule has 0 aliphatic rings. The minimum Gasteiger partial charge on any atom is -0.337 e. The Balaban J connectivity index is 4.00. The first-order valence-electron chi connectivity index (χ1n) is 9.06. The van der Waals surface area contributed by atoms with Crippen LogP contribution in [0.2, 0.25) is 58.9 Å². The van der Waals surface area contributed by atoms with E-state index >= 15 is 0 Å². The highest BCUT2D eigenvalue weighted by Crippen LogP contribution is 2.11. The molecule has 0 fully saturated rings. The summed E-state index contributed by atoms with van der Waals surface area (Å²) in [6.07, 6.45) is 3.95. The van der Waals surface area contributed by atoms with Crippen molar-refractivity contribution in [2.24, 2.45) is 0 Å². The Morgan fingerprint density at radius 1 is 0.591 bits per heavy atom. The Morgan fingerprint density at radius 2 is 1.00 bits per heavy atom. The minimum atomic E-state index is -1.17. The monoisotopic (exact) mass is 361 g/mol. The van der Waals surface area contributed by atoms with Crippen LogP contribution in [0.25, 0.3) is 0 Å². The predicted octanol–water partition coefficient (Wildman–Crippen LogP) is 4.14. The van der Waals surface area contributed by atoms with Crippen molar-refractivity contribution in [2.45, 2.75) is 78.2 Å². The van der Waals surface area contributed by atoms with Crippen molar-refractivity contribution in [2.75, 3.05) is 26.2 Å². The number of nitrogens with one attached hydrogen (secondary N) is 2. The second-order valence-corrected chi connectivity index (χ2v) is 24.3. The third kappa shape index (κ3) is 14.1. The van der Waals surface area contributed by atoms with Crippen molar-refractivity contribution in [3.8, 4) is 0 Å². The minimum absolute atomic E-state index is 1.07. The maximum atomic E-state index is 3.74. The fourth-order valence-electron chi connectivity index (χ4n) is 2.41. The van der Waals surface area contributed by atoms with Crippen LogP contribution in [-0.4, -0.2) is 55.5 Å². The van der Waals surface area contributed by atoms with Crippen molar-refractivity contribution in [1.82, 2.24) is 14.5 Å². The Kier molecular flexibility index (Phi) is 9.97. The van der Waals surface area contributed by atoms with Crippen LogP contribution in [0, 0.1) is 0 Å². The molecule has 6 heteroatoms. The van der Waals surface area contributed by atoms with Crippen molar-refractivity contribution in [3.05, 3.63) is 0 Å². The van der Waals surface area contributed by atoms with Crippen molar-refractivity contribution in [1.29, 1.82) is 0 Å². The lowest BCUT2D eigenvalue weighted by Gasteiger charge is -2.34. The fourth-order valence-corrected chi connectivity index (χ4v) is 5.92. The third-order valence-electron chi connectivity index (χ3n) is 3.72. The summed E-state index contributed by atoms with van der Waals surface area (Å²) >= 11 is 0. The van der Waals surface area contributed by atoms with Crippen LogP contribution in [0.3, 0.4) is 0 Å². The van der Waals surface area contributed by atoms with Gasteiger partial charge in [-0.25, -0.2) is 0 Å². The van der Waals surface area contributed by atoms with Crippen molar-refractivity contribution in [3.63, 3.8) is 0 Å². The maximum absolute atomic E-state index is 3.74. The summed E-state index contributed by atoms with van der Waals surface area (Å²) in [5.74, 6) is 0. The van der Waals surface area contributed by atoms with Gasteiger partial charge in [0.05, 0.1) is 0 Å². The van der Waals surface area contributed by atoms with Gasteiger partial charge in [-0.15, -0.1) is 0 Å². The molecule has 0 radical (unpaired) electrons. The molecule has 0 saturated carbocycles. The zero-order valence-electron chi connectivity index (χ0n) is 16.9. The van der Waals surface area contributed by atoms with Gasteiger partial charge in [-0.1, -0.05) is 58.9 Å². The van der Waals surface area contributed by atoms with E-state index in [1.54, 1.807) is 0 Å². The van der Waals surface area contributed by atoms with Crippen LogP contribution >= 0.6 is 0 Å². The molecular formula is C16H43N3Si3. The first kappa shape index (κ1) is 22.5. The van der Waals surface area contributed by atoms with E-state index in [-0.39, 0.29) is 0 Å². The highest BCUT2D eigenvalue weighted by molar-refractivity contribution is 6.74. The number of hydrogen-bond donors (Lipinski definition) is 2. The Labute approximate surface area is 143 Å². The van der Waals surface area contributed by atoms with E-state index in [9.17, 15) is 0 Å². The fraction of sp³-hybridized carbons (Fsp3) is 1.00. The van der Waals surface area contributed by atoms with Crippen molar-refractivity contribution < 1.29 is 0 Å². The second kappa shape index (κ2) is 9.74. The summed E-state index contributed by atoms with van der Waals surface area (Å²) in [5, 5.41) is 0. The van der Waals surface area contributed by atoms with Crippen molar-refractivity contribution >= 4 is 24.7 Å². The SMILES string of the molecule is C[Si](C)(C)NCCCCN(CCCN[Si](C)(C)C)[Si](C)(C)C. The standard InChI is InChI=1S/C16H43N3Si3/c1-20(2,3)17-13-10-11-15-19(22(7,8)9)16-12-14-18-21(4,5)6/h17-18H,10-16H2,1-9H3. The molecule has 0 aromatic heterocycles. The van der Waals surface area contributed by atoms with Gasteiger partial charge >= 0.3 is 0 Å². The molecule has 0 aliphatic heterocycles. The maximum Gasteiger partial charge on any atom is 0.119 e. The summed E-state index contributed by atoms with van der Waals surface area (Å²) in [6, 6.07) is 0. The van der Waals surface area contributed by atoms with Gasteiger partial charge < -0.3 is 14.5 Å². The quantitative estimate of drug-likeness (QED) is 0.404. The molecule has 0 saturated heterocycles. The highest BCUT2D eigenvalue weighted by Gasteiger charge is 2.23. The zero-order chi connectivity index (χ0) is 17.4. The normalized spacial score (nSPS) is 13.9. The highest BCUT2D eigenvalue weighted by atomic mass is 28.3. The lowest BCUT2D eigenvalue weighted by atomic mass is 10.3. The average Bonchev–Trinajstić information content (AvgIpc) is 2.26. The topological polar surface area (TPSA) is 27.3 Å². The van der Waals surface area contributed by atoms with Gasteiger partial charge in [0.2, 0.25) is 0 Å². The Bertz CT molecular complexity index is 290. The lowest BCUT2D eigenvalue weighted by molar-refractivity contribution is 0.400. The Hall–Kier alpha value is 0.531. The first-order chi connectivity index (χ1) is 9.81.